The Labute approximate surface area is 54.4 Å². The smallest absolute Gasteiger partial charge is 0.0462 e. The van der Waals surface area contributed by atoms with Gasteiger partial charge in [-0.1, -0.05) is 0 Å². The van der Waals surface area contributed by atoms with E-state index >= 15 is 0 Å². The molecule has 0 saturated carbocycles. The Morgan fingerprint density at radius 2 is 2.25 bits per heavy atom. The summed E-state index contributed by atoms with van der Waals surface area (Å²) in [4.78, 5) is 0. The van der Waals surface area contributed by atoms with Crippen LogP contribution in [0.15, 0.2) is 0 Å². The van der Waals surface area contributed by atoms with Gasteiger partial charge < -0.3 is 9.29 Å². The molecule has 0 saturated heterocycles. The molecule has 0 heterocycles. The summed E-state index contributed by atoms with van der Waals surface area (Å²) in [5.74, 6) is 0.823. The first-order valence-corrected chi connectivity index (χ1v) is 3.61. The molecule has 0 bridgehead atoms. The van der Waals surface area contributed by atoms with Crippen molar-refractivity contribution in [3.63, 3.8) is 0 Å². The van der Waals surface area contributed by atoms with Crippen LogP contribution < -0.4 is 0 Å². The minimum absolute atomic E-state index is 0.806. The molecule has 0 amide bonds. The Hall–Kier alpha value is 0.270. The lowest BCUT2D eigenvalue weighted by atomic mass is 10.4. The Balaban J connectivity index is 2.53. The molecule has 0 aromatic heterocycles. The number of unbranched alkanes of at least 4 members (excludes halogenated alkanes) is 1. The summed E-state index contributed by atoms with van der Waals surface area (Å²) in [6, 6.07) is 0. The molecule has 0 atom stereocenters. The number of hydrogen-bond donors (Lipinski definition) is 1. The molecule has 0 spiro atoms. The number of hydrogen-bond acceptors (Lipinski definition) is 3. The zero-order chi connectivity index (χ0) is 6.24. The van der Waals surface area contributed by atoms with E-state index in [9.17, 15) is 0 Å². The Morgan fingerprint density at radius 1 is 1.50 bits per heavy atom. The summed E-state index contributed by atoms with van der Waals surface area (Å²) in [5, 5.41) is 0. The first-order chi connectivity index (χ1) is 3.91. The SMILES string of the molecule is COCCCCSO. The Kier molecular flexibility index (Phi) is 7.52. The molecule has 0 aliphatic heterocycles. The van der Waals surface area contributed by atoms with Crippen LogP contribution in [0.1, 0.15) is 12.8 Å². The maximum Gasteiger partial charge on any atom is 0.0462 e. The highest BCUT2D eigenvalue weighted by Crippen LogP contribution is 1.97. The van der Waals surface area contributed by atoms with E-state index in [1.165, 1.54) is 0 Å². The van der Waals surface area contributed by atoms with Crippen molar-refractivity contribution in [2.45, 2.75) is 12.8 Å². The lowest BCUT2D eigenvalue weighted by Crippen LogP contribution is -1.88. The van der Waals surface area contributed by atoms with Crippen LogP contribution in [0.3, 0.4) is 0 Å². The van der Waals surface area contributed by atoms with E-state index in [0.29, 0.717) is 0 Å². The molecule has 0 aromatic rings. The van der Waals surface area contributed by atoms with Crippen molar-refractivity contribution < 1.29 is 9.29 Å². The van der Waals surface area contributed by atoms with Gasteiger partial charge in [0.2, 0.25) is 0 Å². The van der Waals surface area contributed by atoms with Crippen LogP contribution in [0.5, 0.6) is 0 Å². The molecule has 2 nitrogen and oxygen atoms in total. The standard InChI is InChI=1S/C5H12O2S/c1-7-4-2-3-5-8-6/h6H,2-5H2,1H3. The zero-order valence-electron chi connectivity index (χ0n) is 5.09. The molecule has 3 heteroatoms. The molecule has 0 aromatic carbocycles. The quantitative estimate of drug-likeness (QED) is 0.460. The fraction of sp³-hybridized carbons (Fsp3) is 1.00. The van der Waals surface area contributed by atoms with Crippen molar-refractivity contribution in [3.8, 4) is 0 Å². The zero-order valence-corrected chi connectivity index (χ0v) is 5.91. The van der Waals surface area contributed by atoms with Gasteiger partial charge in [-0.2, -0.15) is 0 Å². The minimum Gasteiger partial charge on any atom is -0.385 e. The van der Waals surface area contributed by atoms with Crippen LogP contribution in [0.4, 0.5) is 0 Å². The summed E-state index contributed by atoms with van der Waals surface area (Å²) in [5.41, 5.74) is 0. The maximum atomic E-state index is 8.24. The van der Waals surface area contributed by atoms with Crippen molar-refractivity contribution in [1.29, 1.82) is 0 Å². The lowest BCUT2D eigenvalue weighted by Gasteiger charge is -1.94. The van der Waals surface area contributed by atoms with E-state index in [-0.39, 0.29) is 0 Å². The van der Waals surface area contributed by atoms with Crippen molar-refractivity contribution in [1.82, 2.24) is 0 Å². The normalized spacial score (nSPS) is 9.75. The maximum absolute atomic E-state index is 8.24. The van der Waals surface area contributed by atoms with E-state index in [4.69, 9.17) is 9.29 Å². The van der Waals surface area contributed by atoms with Gasteiger partial charge in [0, 0.05) is 19.5 Å². The summed E-state index contributed by atoms with van der Waals surface area (Å²) < 4.78 is 13.0. The van der Waals surface area contributed by atoms with Gasteiger partial charge in [-0.25, -0.2) is 0 Å². The van der Waals surface area contributed by atoms with E-state index in [1.807, 2.05) is 0 Å². The van der Waals surface area contributed by atoms with Gasteiger partial charge >= 0.3 is 0 Å². The first-order valence-electron chi connectivity index (χ1n) is 2.67. The summed E-state index contributed by atoms with van der Waals surface area (Å²) in [6.45, 7) is 0.806. The molecular formula is C5H12O2S. The average molecular weight is 136 g/mol. The van der Waals surface area contributed by atoms with Gasteiger partial charge in [0.15, 0.2) is 0 Å². The van der Waals surface area contributed by atoms with Crippen LogP contribution in [0.25, 0.3) is 0 Å². The third-order valence-corrected chi connectivity index (χ3v) is 1.31. The number of rotatable bonds is 5. The highest BCUT2D eigenvalue weighted by molar-refractivity contribution is 7.93. The fourth-order valence-electron chi connectivity index (χ4n) is 0.413. The molecule has 0 aliphatic carbocycles. The largest absolute Gasteiger partial charge is 0.385 e. The number of ether oxygens (including phenoxy) is 1. The van der Waals surface area contributed by atoms with Crippen LogP contribution in [0.2, 0.25) is 0 Å². The molecule has 50 valence electrons. The second kappa shape index (κ2) is 7.27. The van der Waals surface area contributed by atoms with Gasteiger partial charge in [-0.3, -0.25) is 0 Å². The van der Waals surface area contributed by atoms with E-state index in [1.54, 1.807) is 7.11 Å². The fourth-order valence-corrected chi connectivity index (χ4v) is 0.746. The third kappa shape index (κ3) is 6.27. The average Bonchev–Trinajstić information content (AvgIpc) is 1.81. The van der Waals surface area contributed by atoms with E-state index < -0.39 is 0 Å². The van der Waals surface area contributed by atoms with Crippen molar-refractivity contribution in [2.75, 3.05) is 19.5 Å². The molecular weight excluding hydrogens is 124 g/mol. The van der Waals surface area contributed by atoms with E-state index in [2.05, 4.69) is 0 Å². The molecule has 0 rings (SSSR count). The lowest BCUT2D eigenvalue weighted by molar-refractivity contribution is 0.194. The predicted octanol–water partition coefficient (Wildman–Crippen LogP) is 1.62. The highest BCUT2D eigenvalue weighted by Gasteiger charge is 1.84. The second-order valence-electron chi connectivity index (χ2n) is 1.53. The van der Waals surface area contributed by atoms with Gasteiger partial charge in [-0.05, 0) is 24.9 Å². The molecule has 0 fully saturated rings. The Bertz CT molecular complexity index is 35.4. The summed E-state index contributed by atoms with van der Waals surface area (Å²) in [7, 11) is 1.69. The molecule has 0 unspecified atom stereocenters. The minimum atomic E-state index is 0.806. The highest BCUT2D eigenvalue weighted by atomic mass is 32.2. The molecule has 8 heavy (non-hydrogen) atoms. The predicted molar refractivity (Wildman–Crippen MR) is 36.2 cm³/mol. The van der Waals surface area contributed by atoms with Crippen molar-refractivity contribution in [2.24, 2.45) is 0 Å². The topological polar surface area (TPSA) is 29.5 Å². The van der Waals surface area contributed by atoms with Gasteiger partial charge in [-0.15, -0.1) is 0 Å². The second-order valence-corrected chi connectivity index (χ2v) is 2.20. The van der Waals surface area contributed by atoms with Crippen molar-refractivity contribution in [3.05, 3.63) is 0 Å². The van der Waals surface area contributed by atoms with Crippen LogP contribution in [-0.4, -0.2) is 24.0 Å². The van der Waals surface area contributed by atoms with Crippen LogP contribution in [0, 0.1) is 0 Å². The number of methoxy groups -OCH3 is 1. The van der Waals surface area contributed by atoms with Crippen molar-refractivity contribution >= 4 is 12.0 Å². The summed E-state index contributed by atoms with van der Waals surface area (Å²) in [6.07, 6.45) is 2.08. The van der Waals surface area contributed by atoms with Gasteiger partial charge in [0.1, 0.15) is 0 Å². The third-order valence-electron chi connectivity index (χ3n) is 0.834. The molecule has 1 N–H and O–H groups in total. The van der Waals surface area contributed by atoms with Crippen LogP contribution in [-0.2, 0) is 4.74 Å². The first kappa shape index (κ1) is 8.27. The van der Waals surface area contributed by atoms with Gasteiger partial charge in [0.05, 0.1) is 0 Å². The summed E-state index contributed by atoms with van der Waals surface area (Å²) >= 11 is 0.897. The van der Waals surface area contributed by atoms with Gasteiger partial charge in [0.25, 0.3) is 0 Å². The van der Waals surface area contributed by atoms with E-state index in [0.717, 1.165) is 37.2 Å². The Morgan fingerprint density at radius 3 is 2.75 bits per heavy atom. The molecule has 0 radical (unpaired) electrons. The monoisotopic (exact) mass is 136 g/mol. The molecule has 0 aliphatic rings. The van der Waals surface area contributed by atoms with Crippen LogP contribution >= 0.6 is 12.0 Å².